The summed E-state index contributed by atoms with van der Waals surface area (Å²) in [5.41, 5.74) is 5.30. The minimum atomic E-state index is -1.15. The van der Waals surface area contributed by atoms with Crippen molar-refractivity contribution in [3.05, 3.63) is 18.4 Å². The van der Waals surface area contributed by atoms with Gasteiger partial charge in [-0.15, -0.1) is 0 Å². The second kappa shape index (κ2) is 6.02. The van der Waals surface area contributed by atoms with E-state index in [0.29, 0.717) is 19.4 Å². The van der Waals surface area contributed by atoms with Gasteiger partial charge in [0.05, 0.1) is 6.20 Å². The maximum Gasteiger partial charge on any atom is 0.314 e. The van der Waals surface area contributed by atoms with E-state index in [2.05, 4.69) is 4.98 Å². The largest absolute Gasteiger partial charge is 0.481 e. The lowest BCUT2D eigenvalue weighted by atomic mass is 9.97. The molecule has 1 aromatic heterocycles. The summed E-state index contributed by atoms with van der Waals surface area (Å²) in [6.07, 6.45) is 4.11. The van der Waals surface area contributed by atoms with Gasteiger partial charge in [-0.25, -0.2) is 4.98 Å². The Kier molecular flexibility index (Phi) is 4.65. The Morgan fingerprint density at radius 2 is 2.25 bits per heavy atom. The molecule has 0 spiro atoms. The molecule has 0 bridgehead atoms. The monoisotopic (exact) mass is 226 g/mol. The van der Waals surface area contributed by atoms with Gasteiger partial charge in [0.15, 0.2) is 0 Å². The first-order valence-electron chi connectivity index (χ1n) is 5.03. The molecule has 0 saturated carbocycles. The fourth-order valence-electron chi connectivity index (χ4n) is 1.35. The van der Waals surface area contributed by atoms with E-state index in [4.69, 9.17) is 15.3 Å². The SMILES string of the molecule is NCCCCC(C(=O)O)C(=O)c1ncco1. The summed E-state index contributed by atoms with van der Waals surface area (Å²) in [5, 5.41) is 8.92. The predicted octanol–water partition coefficient (Wildman–Crippen LogP) is 0.687. The van der Waals surface area contributed by atoms with E-state index in [1.165, 1.54) is 12.5 Å². The van der Waals surface area contributed by atoms with Gasteiger partial charge in [-0.2, -0.15) is 0 Å². The van der Waals surface area contributed by atoms with Crippen molar-refractivity contribution < 1.29 is 19.1 Å². The predicted molar refractivity (Wildman–Crippen MR) is 54.9 cm³/mol. The number of nitrogens with zero attached hydrogens (tertiary/aromatic N) is 1. The van der Waals surface area contributed by atoms with Crippen LogP contribution in [0.4, 0.5) is 0 Å². The third kappa shape index (κ3) is 3.16. The van der Waals surface area contributed by atoms with Crippen molar-refractivity contribution in [2.75, 3.05) is 6.54 Å². The summed E-state index contributed by atoms with van der Waals surface area (Å²) in [6, 6.07) is 0. The van der Waals surface area contributed by atoms with Gasteiger partial charge < -0.3 is 15.3 Å². The Labute approximate surface area is 92.5 Å². The maximum absolute atomic E-state index is 11.7. The van der Waals surface area contributed by atoms with Crippen LogP contribution >= 0.6 is 0 Å². The van der Waals surface area contributed by atoms with Crippen LogP contribution in [0.2, 0.25) is 0 Å². The van der Waals surface area contributed by atoms with Gasteiger partial charge in [0.25, 0.3) is 5.89 Å². The molecule has 1 unspecified atom stereocenters. The lowest BCUT2D eigenvalue weighted by molar-refractivity contribution is -0.140. The number of Topliss-reactive ketones (excluding diaryl/α,β-unsaturated/α-hetero) is 1. The number of carboxylic acid groups (broad SMARTS) is 1. The molecule has 6 heteroatoms. The molecule has 1 rings (SSSR count). The van der Waals surface area contributed by atoms with Gasteiger partial charge in [0.2, 0.25) is 5.78 Å². The van der Waals surface area contributed by atoms with E-state index < -0.39 is 17.7 Å². The van der Waals surface area contributed by atoms with Crippen LogP contribution in [0.25, 0.3) is 0 Å². The smallest absolute Gasteiger partial charge is 0.314 e. The highest BCUT2D eigenvalue weighted by molar-refractivity contribution is 6.05. The van der Waals surface area contributed by atoms with E-state index in [-0.39, 0.29) is 12.3 Å². The first-order valence-corrected chi connectivity index (χ1v) is 5.03. The van der Waals surface area contributed by atoms with E-state index in [0.717, 1.165) is 0 Å². The van der Waals surface area contributed by atoms with Crippen LogP contribution in [0.5, 0.6) is 0 Å². The maximum atomic E-state index is 11.7. The number of nitrogens with two attached hydrogens (primary N) is 1. The van der Waals surface area contributed by atoms with Crippen molar-refractivity contribution in [2.24, 2.45) is 11.7 Å². The number of oxazole rings is 1. The normalized spacial score (nSPS) is 12.3. The average molecular weight is 226 g/mol. The van der Waals surface area contributed by atoms with E-state index >= 15 is 0 Å². The van der Waals surface area contributed by atoms with Crippen molar-refractivity contribution in [1.82, 2.24) is 4.98 Å². The minimum absolute atomic E-state index is 0.153. The van der Waals surface area contributed by atoms with Crippen LogP contribution in [0.1, 0.15) is 29.9 Å². The molecule has 88 valence electrons. The molecule has 3 N–H and O–H groups in total. The fourth-order valence-corrected chi connectivity index (χ4v) is 1.35. The van der Waals surface area contributed by atoms with Crippen molar-refractivity contribution in [3.8, 4) is 0 Å². The van der Waals surface area contributed by atoms with Crippen LogP contribution in [-0.2, 0) is 4.79 Å². The number of aliphatic carboxylic acids is 1. The molecule has 0 aliphatic rings. The van der Waals surface area contributed by atoms with E-state index in [1.807, 2.05) is 0 Å². The van der Waals surface area contributed by atoms with Gasteiger partial charge >= 0.3 is 5.97 Å². The number of aromatic nitrogens is 1. The zero-order chi connectivity index (χ0) is 12.0. The quantitative estimate of drug-likeness (QED) is 0.402. The molecule has 1 aromatic rings. The van der Waals surface area contributed by atoms with Crippen LogP contribution in [0, 0.1) is 5.92 Å². The lowest BCUT2D eigenvalue weighted by Gasteiger charge is -2.08. The van der Waals surface area contributed by atoms with E-state index in [1.54, 1.807) is 0 Å². The number of carbonyl (C=O) groups is 2. The second-order valence-corrected chi connectivity index (χ2v) is 3.38. The molecular weight excluding hydrogens is 212 g/mol. The minimum Gasteiger partial charge on any atom is -0.481 e. The molecule has 1 atom stereocenters. The molecule has 1 heterocycles. The van der Waals surface area contributed by atoms with Crippen molar-refractivity contribution in [2.45, 2.75) is 19.3 Å². The Bertz CT molecular complexity index is 348. The molecule has 0 aromatic carbocycles. The van der Waals surface area contributed by atoms with Gasteiger partial charge in [-0.3, -0.25) is 9.59 Å². The highest BCUT2D eigenvalue weighted by Gasteiger charge is 2.29. The molecule has 0 amide bonds. The van der Waals surface area contributed by atoms with Crippen molar-refractivity contribution in [1.29, 1.82) is 0 Å². The Morgan fingerprint density at radius 3 is 2.75 bits per heavy atom. The summed E-state index contributed by atoms with van der Waals surface area (Å²) in [4.78, 5) is 26.2. The van der Waals surface area contributed by atoms with Crippen LogP contribution in [0.3, 0.4) is 0 Å². The zero-order valence-corrected chi connectivity index (χ0v) is 8.76. The topological polar surface area (TPSA) is 106 Å². The molecule has 0 aliphatic carbocycles. The Hall–Kier alpha value is -1.69. The molecule has 16 heavy (non-hydrogen) atoms. The highest BCUT2D eigenvalue weighted by Crippen LogP contribution is 2.14. The Balaban J connectivity index is 2.63. The third-order valence-electron chi connectivity index (χ3n) is 2.20. The number of hydrogen-bond donors (Lipinski definition) is 2. The van der Waals surface area contributed by atoms with Crippen LogP contribution < -0.4 is 5.73 Å². The molecule has 0 aliphatic heterocycles. The summed E-state index contributed by atoms with van der Waals surface area (Å²) in [7, 11) is 0. The second-order valence-electron chi connectivity index (χ2n) is 3.38. The van der Waals surface area contributed by atoms with Gasteiger partial charge in [0.1, 0.15) is 12.2 Å². The molecule has 0 radical (unpaired) electrons. The van der Waals surface area contributed by atoms with Gasteiger partial charge in [0, 0.05) is 0 Å². The number of carboxylic acids is 1. The lowest BCUT2D eigenvalue weighted by Crippen LogP contribution is -2.24. The molecular formula is C10H14N2O4. The van der Waals surface area contributed by atoms with Crippen LogP contribution in [0.15, 0.2) is 16.9 Å². The first-order chi connectivity index (χ1) is 7.66. The molecule has 6 nitrogen and oxygen atoms in total. The fraction of sp³-hybridized carbons (Fsp3) is 0.500. The zero-order valence-electron chi connectivity index (χ0n) is 8.76. The molecule has 0 fully saturated rings. The van der Waals surface area contributed by atoms with Crippen molar-refractivity contribution >= 4 is 11.8 Å². The summed E-state index contributed by atoms with van der Waals surface area (Å²) in [6.45, 7) is 0.486. The summed E-state index contributed by atoms with van der Waals surface area (Å²) in [5.74, 6) is -2.99. The third-order valence-corrected chi connectivity index (χ3v) is 2.20. The number of unbranched alkanes of at least 4 members (excludes halogenated alkanes) is 1. The number of ketones is 1. The van der Waals surface area contributed by atoms with Crippen molar-refractivity contribution in [3.63, 3.8) is 0 Å². The number of rotatable bonds is 7. The Morgan fingerprint density at radius 1 is 1.50 bits per heavy atom. The number of carbonyl (C=O) groups excluding carboxylic acids is 1. The van der Waals surface area contributed by atoms with Crippen LogP contribution in [-0.4, -0.2) is 28.4 Å². The average Bonchev–Trinajstić information content (AvgIpc) is 2.76. The highest BCUT2D eigenvalue weighted by atomic mass is 16.4. The summed E-state index contributed by atoms with van der Waals surface area (Å²) < 4.78 is 4.78. The first kappa shape index (κ1) is 12.4. The van der Waals surface area contributed by atoms with E-state index in [9.17, 15) is 9.59 Å². The number of hydrogen-bond acceptors (Lipinski definition) is 5. The summed E-state index contributed by atoms with van der Waals surface area (Å²) >= 11 is 0. The standard InChI is InChI=1S/C10H14N2O4/c11-4-2-1-3-7(10(14)15)8(13)9-12-5-6-16-9/h5-7H,1-4,11H2,(H,14,15). The van der Waals surface area contributed by atoms with Gasteiger partial charge in [-0.05, 0) is 19.4 Å². The van der Waals surface area contributed by atoms with Gasteiger partial charge in [-0.1, -0.05) is 6.42 Å². The molecule has 0 saturated heterocycles.